The highest BCUT2D eigenvalue weighted by atomic mass is 32.1. The average Bonchev–Trinajstić information content (AvgIpc) is 4.15. The van der Waals surface area contributed by atoms with Crippen molar-refractivity contribution < 1.29 is 8.83 Å². The van der Waals surface area contributed by atoms with E-state index in [-0.39, 0.29) is 0 Å². The zero-order valence-corrected chi connectivity index (χ0v) is 38.8. The Bertz CT molecular complexity index is 4570. The lowest BCUT2D eigenvalue weighted by Gasteiger charge is -2.15. The summed E-state index contributed by atoms with van der Waals surface area (Å²) in [6.07, 6.45) is 7.45. The number of nitrogens with zero attached hydrogens (tertiary/aromatic N) is 4. The van der Waals surface area contributed by atoms with Gasteiger partial charge in [-0.05, 0) is 76.9 Å². The van der Waals surface area contributed by atoms with Gasteiger partial charge in [-0.2, -0.15) is 9.97 Å². The topological polar surface area (TPSA) is 69.9 Å². The standard InChI is InChI=1S/C64H38N4O2S/c1-2-14-38(15-3-1)62-65-63(43-30-32-48-46-19-4-7-27-55(46)69-57(48)37-43)67-64(66-62)68-54-26-11-18-42(45-23-13-25-51-47-20-5-8-28-56(47)70-61(45)51)36-52(54)50-24-12-22-44(60(50)68)41-17-10-16-39(34-41)40-31-33-59-53(35-40)49-21-6-9-29-58(49)71-59/h1-25,27-37H,26H2. The minimum Gasteiger partial charge on any atom is -0.456 e. The molecule has 15 rings (SSSR count). The fourth-order valence-electron chi connectivity index (χ4n) is 10.8. The van der Waals surface area contributed by atoms with Crippen LogP contribution in [-0.2, 0) is 6.42 Å². The molecule has 6 nitrogen and oxygen atoms in total. The highest BCUT2D eigenvalue weighted by molar-refractivity contribution is 7.25. The minimum absolute atomic E-state index is 0.535. The third kappa shape index (κ3) is 6.37. The molecule has 7 heteroatoms. The van der Waals surface area contributed by atoms with Crippen molar-refractivity contribution in [2.45, 2.75) is 6.42 Å². The zero-order chi connectivity index (χ0) is 46.6. The highest BCUT2D eigenvalue weighted by Gasteiger charge is 2.26. The second kappa shape index (κ2) is 15.7. The average molecular weight is 927 g/mol. The number of hydrogen-bond donors (Lipinski definition) is 0. The number of rotatable bonds is 6. The summed E-state index contributed by atoms with van der Waals surface area (Å²) in [5.74, 6) is 1.67. The first-order valence-electron chi connectivity index (χ1n) is 23.9. The van der Waals surface area contributed by atoms with E-state index >= 15 is 0 Å². The van der Waals surface area contributed by atoms with Gasteiger partial charge in [0.2, 0.25) is 5.95 Å². The van der Waals surface area contributed by atoms with Crippen LogP contribution in [0.15, 0.2) is 221 Å². The number of aromatic nitrogens is 4. The van der Waals surface area contributed by atoms with E-state index < -0.39 is 0 Å². The van der Waals surface area contributed by atoms with E-state index in [2.05, 4.69) is 174 Å². The first-order valence-corrected chi connectivity index (χ1v) is 24.7. The van der Waals surface area contributed by atoms with Crippen LogP contribution in [0, 0.1) is 0 Å². The van der Waals surface area contributed by atoms with E-state index in [1.54, 1.807) is 0 Å². The van der Waals surface area contributed by atoms with Crippen molar-refractivity contribution in [1.29, 1.82) is 0 Å². The molecule has 9 aromatic carbocycles. The Morgan fingerprint density at radius 2 is 1.06 bits per heavy atom. The minimum atomic E-state index is 0.535. The van der Waals surface area contributed by atoms with Crippen LogP contribution in [0.2, 0.25) is 0 Å². The van der Waals surface area contributed by atoms with E-state index in [0.29, 0.717) is 24.0 Å². The quantitative estimate of drug-likeness (QED) is 0.166. The third-order valence-electron chi connectivity index (χ3n) is 14.1. The van der Waals surface area contributed by atoms with Gasteiger partial charge in [-0.1, -0.05) is 164 Å². The molecule has 0 fully saturated rings. The van der Waals surface area contributed by atoms with Crippen molar-refractivity contribution in [1.82, 2.24) is 19.5 Å². The molecule has 0 aliphatic heterocycles. The van der Waals surface area contributed by atoms with Crippen LogP contribution in [0.1, 0.15) is 16.8 Å². The summed E-state index contributed by atoms with van der Waals surface area (Å²) in [7, 11) is 0. The van der Waals surface area contributed by atoms with Gasteiger partial charge < -0.3 is 8.83 Å². The van der Waals surface area contributed by atoms with E-state index in [0.717, 1.165) is 105 Å². The maximum atomic E-state index is 6.63. The van der Waals surface area contributed by atoms with E-state index in [1.807, 2.05) is 59.9 Å². The van der Waals surface area contributed by atoms with Crippen LogP contribution in [0.25, 0.3) is 138 Å². The number of hydrogen-bond acceptors (Lipinski definition) is 6. The predicted octanol–water partition coefficient (Wildman–Crippen LogP) is 17.3. The Hall–Kier alpha value is -9.17. The lowest BCUT2D eigenvalue weighted by molar-refractivity contribution is 0.667. The van der Waals surface area contributed by atoms with Crippen LogP contribution >= 0.6 is 11.3 Å². The van der Waals surface area contributed by atoms with Crippen molar-refractivity contribution in [3.05, 3.63) is 229 Å². The van der Waals surface area contributed by atoms with E-state index in [1.165, 1.54) is 25.7 Å². The molecule has 14 aromatic rings. The van der Waals surface area contributed by atoms with Crippen molar-refractivity contribution in [2.75, 3.05) is 0 Å². The highest BCUT2D eigenvalue weighted by Crippen LogP contribution is 2.44. The molecule has 0 atom stereocenters. The molecule has 0 N–H and O–H groups in total. The molecule has 0 unspecified atom stereocenters. The van der Waals surface area contributed by atoms with Gasteiger partial charge >= 0.3 is 0 Å². The van der Waals surface area contributed by atoms with Gasteiger partial charge in [-0.25, -0.2) is 4.98 Å². The summed E-state index contributed by atoms with van der Waals surface area (Å²) in [6.45, 7) is 0. The summed E-state index contributed by atoms with van der Waals surface area (Å²) in [5, 5.41) is 7.99. The third-order valence-corrected chi connectivity index (χ3v) is 15.3. The zero-order valence-electron chi connectivity index (χ0n) is 38.0. The van der Waals surface area contributed by atoms with Crippen LogP contribution in [0.3, 0.4) is 0 Å². The number of fused-ring (bicyclic) bond motifs is 12. The Labute approximate surface area is 410 Å². The van der Waals surface area contributed by atoms with Crippen molar-refractivity contribution in [2.24, 2.45) is 0 Å². The summed E-state index contributed by atoms with van der Waals surface area (Å²) < 4.78 is 17.9. The summed E-state index contributed by atoms with van der Waals surface area (Å²) in [6, 6.07) is 70.5. The molecule has 1 aliphatic rings. The molecule has 332 valence electrons. The number of benzene rings is 9. The lowest BCUT2D eigenvalue weighted by Crippen LogP contribution is -2.09. The molecular formula is C64H38N4O2S. The normalized spacial score (nSPS) is 12.8. The van der Waals surface area contributed by atoms with Crippen molar-refractivity contribution in [3.63, 3.8) is 0 Å². The van der Waals surface area contributed by atoms with Gasteiger partial charge in [0.1, 0.15) is 22.3 Å². The first kappa shape index (κ1) is 39.8. The fraction of sp³-hybridized carbons (Fsp3) is 0.0156. The molecule has 5 heterocycles. The van der Waals surface area contributed by atoms with Gasteiger partial charge in [0.25, 0.3) is 0 Å². The van der Waals surface area contributed by atoms with Gasteiger partial charge in [0.15, 0.2) is 11.6 Å². The van der Waals surface area contributed by atoms with E-state index in [9.17, 15) is 0 Å². The summed E-state index contributed by atoms with van der Waals surface area (Å²) >= 11 is 1.84. The largest absolute Gasteiger partial charge is 0.456 e. The molecule has 0 spiro atoms. The molecule has 0 saturated heterocycles. The number of allylic oxidation sites excluding steroid dienone is 3. The van der Waals surface area contributed by atoms with Crippen LogP contribution < -0.4 is 0 Å². The summed E-state index contributed by atoms with van der Waals surface area (Å²) in [5.41, 5.74) is 14.9. The Balaban J connectivity index is 0.979. The first-order chi connectivity index (χ1) is 35.2. The SMILES string of the molecule is C1=CC(c2cccc3c2oc2ccccc23)=Cc2c(n(-c3nc(-c4ccccc4)nc(-c4ccc5c(c4)oc4ccccc45)n3)c3c(-c4cccc(-c5ccc6sc7ccccc7c6c5)c4)cccc23)C1. The van der Waals surface area contributed by atoms with Gasteiger partial charge in [0.05, 0.1) is 5.52 Å². The summed E-state index contributed by atoms with van der Waals surface area (Å²) in [4.78, 5) is 16.1. The number of para-hydroxylation sites is 4. The molecule has 0 radical (unpaired) electrons. The monoisotopic (exact) mass is 926 g/mol. The van der Waals surface area contributed by atoms with Gasteiger partial charge in [-0.15, -0.1) is 11.3 Å². The lowest BCUT2D eigenvalue weighted by atomic mass is 9.96. The molecule has 1 aliphatic carbocycles. The number of furan rings is 2. The van der Waals surface area contributed by atoms with Crippen molar-refractivity contribution >= 4 is 97.9 Å². The molecule has 71 heavy (non-hydrogen) atoms. The second-order valence-electron chi connectivity index (χ2n) is 18.2. The Morgan fingerprint density at radius 3 is 1.93 bits per heavy atom. The maximum absolute atomic E-state index is 6.63. The predicted molar refractivity (Wildman–Crippen MR) is 293 cm³/mol. The molecule has 0 saturated carbocycles. The molecular weight excluding hydrogens is 889 g/mol. The van der Waals surface area contributed by atoms with Crippen molar-refractivity contribution in [3.8, 4) is 51.0 Å². The smallest absolute Gasteiger partial charge is 0.238 e. The Morgan fingerprint density at radius 1 is 0.423 bits per heavy atom. The molecule has 0 bridgehead atoms. The molecule has 0 amide bonds. The van der Waals surface area contributed by atoms with E-state index in [4.69, 9.17) is 23.8 Å². The van der Waals surface area contributed by atoms with Crippen LogP contribution in [-0.4, -0.2) is 19.5 Å². The fourth-order valence-corrected chi connectivity index (χ4v) is 11.9. The van der Waals surface area contributed by atoms with Gasteiger partial charge in [0, 0.05) is 87.0 Å². The Kier molecular flexibility index (Phi) is 8.79. The van der Waals surface area contributed by atoms with Crippen LogP contribution in [0.4, 0.5) is 0 Å². The second-order valence-corrected chi connectivity index (χ2v) is 19.3. The molecule has 5 aromatic heterocycles. The maximum Gasteiger partial charge on any atom is 0.238 e. The van der Waals surface area contributed by atoms with Gasteiger partial charge in [-0.3, -0.25) is 4.57 Å². The number of thiophene rings is 1. The van der Waals surface area contributed by atoms with Crippen LogP contribution in [0.5, 0.6) is 0 Å².